The number of hydrogen-bond acceptors (Lipinski definition) is 6. The molecule has 9 heteroatoms. The molecule has 0 spiro atoms. The molecule has 3 rings (SSSR count). The minimum atomic E-state index is -0.868. The number of nitro groups is 1. The van der Waals surface area contributed by atoms with E-state index in [0.717, 1.165) is 0 Å². The normalized spacial score (nSPS) is 10.3. The largest absolute Gasteiger partial charge is 0.497 e. The van der Waals surface area contributed by atoms with E-state index in [1.807, 2.05) is 0 Å². The van der Waals surface area contributed by atoms with E-state index in [-0.39, 0.29) is 11.3 Å². The maximum absolute atomic E-state index is 12.4. The molecule has 1 amide bonds. The van der Waals surface area contributed by atoms with Gasteiger partial charge in [0.25, 0.3) is 11.5 Å². The van der Waals surface area contributed by atoms with Crippen molar-refractivity contribution >= 4 is 34.0 Å². The molecule has 0 radical (unpaired) electrons. The van der Waals surface area contributed by atoms with E-state index >= 15 is 0 Å². The minimum Gasteiger partial charge on any atom is -0.497 e. The van der Waals surface area contributed by atoms with Gasteiger partial charge in [-0.2, -0.15) is 0 Å². The molecule has 2 aromatic carbocycles. The summed E-state index contributed by atoms with van der Waals surface area (Å²) in [5.41, 5.74) is 6.05. The number of non-ortho nitro benzene ring substituents is 1. The molecule has 3 N–H and O–H groups in total. The summed E-state index contributed by atoms with van der Waals surface area (Å²) >= 11 is 0. The van der Waals surface area contributed by atoms with E-state index < -0.39 is 16.6 Å². The number of nitrogens with zero attached hydrogens (tertiary/aromatic N) is 1. The topological polar surface area (TPSA) is 126 Å². The number of H-pyrrole nitrogens is 1. The highest BCUT2D eigenvalue weighted by Gasteiger charge is 2.20. The molecule has 9 nitrogen and oxygen atoms in total. The van der Waals surface area contributed by atoms with Crippen molar-refractivity contribution in [3.8, 4) is 5.75 Å². The lowest BCUT2D eigenvalue weighted by molar-refractivity contribution is -0.384. The number of hydrogen-bond donors (Lipinski definition) is 3. The number of fused-ring (bicyclic) bond motifs is 1. The van der Waals surface area contributed by atoms with Crippen LogP contribution in [0.15, 0.2) is 48.7 Å². The summed E-state index contributed by atoms with van der Waals surface area (Å²) in [6.07, 6.45) is 1.46. The van der Waals surface area contributed by atoms with Crippen molar-refractivity contribution in [2.45, 2.75) is 0 Å². The van der Waals surface area contributed by atoms with Gasteiger partial charge in [0.2, 0.25) is 0 Å². The lowest BCUT2D eigenvalue weighted by Gasteiger charge is -2.07. The average Bonchev–Trinajstić information content (AvgIpc) is 3.08. The standard InChI is InChI=1S/C17H14N4O5/c1-26-12-6-7-15-13(8-12)14(9-18-15)16(22)17(23)20-19-10-2-4-11(5-3-10)21(24)25/h2-9,18-19H,1H3,(H,20,23). The van der Waals surface area contributed by atoms with Crippen LogP contribution in [-0.2, 0) is 4.79 Å². The van der Waals surface area contributed by atoms with Crippen molar-refractivity contribution in [1.82, 2.24) is 10.4 Å². The Morgan fingerprint density at radius 1 is 1.15 bits per heavy atom. The van der Waals surface area contributed by atoms with Crippen molar-refractivity contribution in [1.29, 1.82) is 0 Å². The van der Waals surface area contributed by atoms with Gasteiger partial charge in [-0.15, -0.1) is 0 Å². The average molecular weight is 354 g/mol. The third-order valence-electron chi connectivity index (χ3n) is 3.74. The molecule has 0 bridgehead atoms. The second-order valence-electron chi connectivity index (χ2n) is 5.33. The quantitative estimate of drug-likeness (QED) is 0.270. The molecule has 0 aliphatic heterocycles. The smallest absolute Gasteiger partial charge is 0.310 e. The molecule has 1 heterocycles. The van der Waals surface area contributed by atoms with Crippen molar-refractivity contribution in [3.05, 3.63) is 64.3 Å². The lowest BCUT2D eigenvalue weighted by Crippen LogP contribution is -2.35. The number of ether oxygens (including phenoxy) is 1. The number of rotatable bonds is 6. The summed E-state index contributed by atoms with van der Waals surface area (Å²) in [6, 6.07) is 10.5. The Labute approximate surface area is 147 Å². The van der Waals surface area contributed by atoms with Crippen LogP contribution in [0.1, 0.15) is 10.4 Å². The maximum atomic E-state index is 12.4. The predicted molar refractivity (Wildman–Crippen MR) is 94.0 cm³/mol. The number of ketones is 1. The Hall–Kier alpha value is -3.88. The first kappa shape index (κ1) is 17.0. The van der Waals surface area contributed by atoms with E-state index in [4.69, 9.17) is 4.74 Å². The van der Waals surface area contributed by atoms with Crippen LogP contribution < -0.4 is 15.6 Å². The molecular weight excluding hydrogens is 340 g/mol. The zero-order valence-electron chi connectivity index (χ0n) is 13.6. The first-order chi connectivity index (χ1) is 12.5. The lowest BCUT2D eigenvalue weighted by atomic mass is 10.1. The van der Waals surface area contributed by atoms with Crippen LogP contribution in [0.4, 0.5) is 11.4 Å². The molecule has 0 fully saturated rings. The van der Waals surface area contributed by atoms with E-state index in [2.05, 4.69) is 15.8 Å². The van der Waals surface area contributed by atoms with E-state index in [0.29, 0.717) is 22.3 Å². The van der Waals surface area contributed by atoms with E-state index in [1.54, 1.807) is 18.2 Å². The highest BCUT2D eigenvalue weighted by molar-refractivity contribution is 6.45. The molecule has 3 aromatic rings. The molecule has 0 aliphatic carbocycles. The Morgan fingerprint density at radius 2 is 1.88 bits per heavy atom. The molecule has 0 saturated carbocycles. The number of carbonyl (C=O) groups excluding carboxylic acids is 2. The van der Waals surface area contributed by atoms with Gasteiger partial charge >= 0.3 is 5.91 Å². The van der Waals surface area contributed by atoms with Crippen LogP contribution in [-0.4, -0.2) is 28.7 Å². The number of carbonyl (C=O) groups is 2. The fraction of sp³-hybridized carbons (Fsp3) is 0.0588. The molecule has 132 valence electrons. The van der Waals surface area contributed by atoms with Crippen LogP contribution >= 0.6 is 0 Å². The van der Waals surface area contributed by atoms with Crippen LogP contribution in [0.25, 0.3) is 10.9 Å². The van der Waals surface area contributed by atoms with E-state index in [1.165, 1.54) is 37.6 Å². The highest BCUT2D eigenvalue weighted by atomic mass is 16.6. The summed E-state index contributed by atoms with van der Waals surface area (Å²) in [7, 11) is 1.51. The first-order valence-corrected chi connectivity index (χ1v) is 7.50. The number of hydrazine groups is 1. The van der Waals surface area contributed by atoms with Crippen LogP contribution in [0.3, 0.4) is 0 Å². The number of aromatic amines is 1. The monoisotopic (exact) mass is 354 g/mol. The maximum Gasteiger partial charge on any atom is 0.310 e. The number of nitro benzene ring substituents is 1. The summed E-state index contributed by atoms with van der Waals surface area (Å²) in [5, 5.41) is 11.2. The van der Waals surface area contributed by atoms with Gasteiger partial charge in [0.05, 0.1) is 23.3 Å². The first-order valence-electron chi connectivity index (χ1n) is 7.50. The molecular formula is C17H14N4O5. The molecule has 1 aromatic heterocycles. The number of aromatic nitrogens is 1. The zero-order valence-corrected chi connectivity index (χ0v) is 13.6. The van der Waals surface area contributed by atoms with Crippen molar-refractivity contribution in [2.24, 2.45) is 0 Å². The zero-order chi connectivity index (χ0) is 18.7. The van der Waals surface area contributed by atoms with Gasteiger partial charge in [-0.1, -0.05) is 0 Å². The molecule has 0 atom stereocenters. The third-order valence-corrected chi connectivity index (χ3v) is 3.74. The van der Waals surface area contributed by atoms with Gasteiger partial charge < -0.3 is 9.72 Å². The molecule has 0 saturated heterocycles. The predicted octanol–water partition coefficient (Wildman–Crippen LogP) is 2.41. The van der Waals surface area contributed by atoms with Crippen molar-refractivity contribution < 1.29 is 19.2 Å². The number of benzene rings is 2. The van der Waals surface area contributed by atoms with Crippen LogP contribution in [0.2, 0.25) is 0 Å². The summed E-state index contributed by atoms with van der Waals surface area (Å²) < 4.78 is 5.13. The fourth-order valence-electron chi connectivity index (χ4n) is 2.39. The number of amides is 1. The fourth-order valence-corrected chi connectivity index (χ4v) is 2.39. The van der Waals surface area contributed by atoms with Gasteiger partial charge in [0.15, 0.2) is 0 Å². The van der Waals surface area contributed by atoms with Crippen molar-refractivity contribution in [2.75, 3.05) is 12.5 Å². The Kier molecular flexibility index (Phi) is 4.52. The highest BCUT2D eigenvalue weighted by Crippen LogP contribution is 2.24. The van der Waals surface area contributed by atoms with Crippen molar-refractivity contribution in [3.63, 3.8) is 0 Å². The van der Waals surface area contributed by atoms with Gasteiger partial charge in [-0.25, -0.2) is 0 Å². The van der Waals surface area contributed by atoms with Gasteiger partial charge in [0.1, 0.15) is 5.75 Å². The Bertz CT molecular complexity index is 994. The summed E-state index contributed by atoms with van der Waals surface area (Å²) in [6.45, 7) is 0. The minimum absolute atomic E-state index is 0.0781. The van der Waals surface area contributed by atoms with Gasteiger partial charge in [-0.3, -0.25) is 30.6 Å². The number of methoxy groups -OCH3 is 1. The van der Waals surface area contributed by atoms with Gasteiger partial charge in [0, 0.05) is 29.2 Å². The van der Waals surface area contributed by atoms with E-state index in [9.17, 15) is 19.7 Å². The van der Waals surface area contributed by atoms with Crippen LogP contribution in [0, 0.1) is 10.1 Å². The number of Topliss-reactive ketones (excluding diaryl/α,β-unsaturated/α-hetero) is 1. The second kappa shape index (κ2) is 6.93. The molecule has 26 heavy (non-hydrogen) atoms. The molecule has 0 aliphatic rings. The Morgan fingerprint density at radius 3 is 2.54 bits per heavy atom. The second-order valence-corrected chi connectivity index (χ2v) is 5.33. The SMILES string of the molecule is COc1ccc2[nH]cc(C(=O)C(=O)NNc3ccc([N+](=O)[O-])cc3)c2c1. The number of nitrogens with one attached hydrogen (secondary N) is 3. The summed E-state index contributed by atoms with van der Waals surface area (Å²) in [4.78, 5) is 37.5. The number of anilines is 1. The Balaban J connectivity index is 1.72. The molecule has 0 unspecified atom stereocenters. The van der Waals surface area contributed by atoms with Crippen LogP contribution in [0.5, 0.6) is 5.75 Å². The third kappa shape index (κ3) is 3.31. The van der Waals surface area contributed by atoms with Gasteiger partial charge in [-0.05, 0) is 30.3 Å². The summed E-state index contributed by atoms with van der Waals surface area (Å²) in [5.74, 6) is -1.04.